The van der Waals surface area contributed by atoms with Gasteiger partial charge in [-0.05, 0) is 49.8 Å². The molecule has 1 aromatic rings. The summed E-state index contributed by atoms with van der Waals surface area (Å²) in [5, 5.41) is 8.66. The summed E-state index contributed by atoms with van der Waals surface area (Å²) in [6, 6.07) is 7.21. The van der Waals surface area contributed by atoms with Crippen molar-refractivity contribution >= 4 is 11.9 Å². The number of amides is 1. The van der Waals surface area contributed by atoms with Gasteiger partial charge < -0.3 is 14.7 Å². The quantitative estimate of drug-likeness (QED) is 0.928. The summed E-state index contributed by atoms with van der Waals surface area (Å²) < 4.78 is 5.16. The van der Waals surface area contributed by atoms with Gasteiger partial charge in [0, 0.05) is 18.2 Å². The lowest BCUT2D eigenvalue weighted by Gasteiger charge is -2.37. The Hall–Kier alpha value is -2.04. The lowest BCUT2D eigenvalue weighted by molar-refractivity contribution is -0.139. The number of rotatable bonds is 4. The van der Waals surface area contributed by atoms with Crippen LogP contribution in [0.15, 0.2) is 24.3 Å². The molecule has 2 fully saturated rings. The molecule has 0 bridgehead atoms. The van der Waals surface area contributed by atoms with Gasteiger partial charge in [0.25, 0.3) is 5.91 Å². The fourth-order valence-electron chi connectivity index (χ4n) is 3.74. The molecule has 2 aliphatic rings. The van der Waals surface area contributed by atoms with Crippen LogP contribution in [0.5, 0.6) is 5.75 Å². The van der Waals surface area contributed by atoms with Crippen molar-refractivity contribution in [2.45, 2.75) is 38.1 Å². The second-order valence-electron chi connectivity index (χ2n) is 6.11. The molecule has 3 rings (SSSR count). The van der Waals surface area contributed by atoms with Crippen molar-refractivity contribution in [3.05, 3.63) is 29.8 Å². The third-order valence-electron chi connectivity index (χ3n) is 4.70. The van der Waals surface area contributed by atoms with Crippen LogP contribution in [-0.2, 0) is 4.79 Å². The second kappa shape index (κ2) is 6.38. The lowest BCUT2D eigenvalue weighted by atomic mass is 9.91. The molecule has 2 atom stereocenters. The molecule has 22 heavy (non-hydrogen) atoms. The van der Waals surface area contributed by atoms with Crippen LogP contribution in [0.3, 0.4) is 0 Å². The van der Waals surface area contributed by atoms with Crippen LogP contribution in [0.2, 0.25) is 0 Å². The second-order valence-corrected chi connectivity index (χ2v) is 6.11. The zero-order valence-corrected chi connectivity index (χ0v) is 12.5. The Morgan fingerprint density at radius 2 is 2.05 bits per heavy atom. The van der Waals surface area contributed by atoms with E-state index in [-0.39, 0.29) is 5.91 Å². The zero-order chi connectivity index (χ0) is 15.5. The van der Waals surface area contributed by atoms with Gasteiger partial charge in [0.1, 0.15) is 5.75 Å². The number of carboxylic acid groups (broad SMARTS) is 1. The molecule has 5 nitrogen and oxygen atoms in total. The first kappa shape index (κ1) is 14.9. The molecule has 5 heteroatoms. The summed E-state index contributed by atoms with van der Waals surface area (Å²) in [4.78, 5) is 25.4. The van der Waals surface area contributed by atoms with Gasteiger partial charge >= 0.3 is 5.97 Å². The first-order valence-electron chi connectivity index (χ1n) is 7.91. The third-order valence-corrected chi connectivity index (χ3v) is 4.70. The standard InChI is InChI=1S/C17H21NO4/c19-16(20)11-22-14-7-1-5-13(10-14)17(21)18-9-3-6-12-4-2-8-15(12)18/h1,5,7,10,12,15H,2-4,6,8-9,11H2,(H,19,20). The molecule has 0 radical (unpaired) electrons. The molecule has 1 amide bonds. The summed E-state index contributed by atoms with van der Waals surface area (Å²) >= 11 is 0. The van der Waals surface area contributed by atoms with E-state index in [0.717, 1.165) is 19.4 Å². The summed E-state index contributed by atoms with van der Waals surface area (Å²) in [5.74, 6) is 0.0938. The highest BCUT2D eigenvalue weighted by atomic mass is 16.5. The van der Waals surface area contributed by atoms with Crippen LogP contribution in [-0.4, -0.2) is 41.1 Å². The van der Waals surface area contributed by atoms with Gasteiger partial charge in [0.15, 0.2) is 6.61 Å². The molecular weight excluding hydrogens is 282 g/mol. The van der Waals surface area contributed by atoms with Crippen molar-refractivity contribution in [3.63, 3.8) is 0 Å². The highest BCUT2D eigenvalue weighted by molar-refractivity contribution is 5.95. The monoisotopic (exact) mass is 303 g/mol. The predicted octanol–water partition coefficient (Wildman–Crippen LogP) is 2.55. The Kier molecular flexibility index (Phi) is 4.32. The maximum absolute atomic E-state index is 12.8. The molecule has 118 valence electrons. The number of hydrogen-bond donors (Lipinski definition) is 1. The van der Waals surface area contributed by atoms with E-state index in [1.807, 2.05) is 4.90 Å². The SMILES string of the molecule is O=C(O)COc1cccc(C(=O)N2CCCC3CCCC32)c1. The zero-order valence-electron chi connectivity index (χ0n) is 12.5. The van der Waals surface area contributed by atoms with Gasteiger partial charge in [-0.1, -0.05) is 12.5 Å². The fourth-order valence-corrected chi connectivity index (χ4v) is 3.74. The molecule has 1 aliphatic heterocycles. The average molecular weight is 303 g/mol. The highest BCUT2D eigenvalue weighted by Gasteiger charge is 2.37. The van der Waals surface area contributed by atoms with Crippen LogP contribution in [0.4, 0.5) is 0 Å². The van der Waals surface area contributed by atoms with Gasteiger partial charge in [-0.15, -0.1) is 0 Å². The van der Waals surface area contributed by atoms with Crippen molar-refractivity contribution in [2.24, 2.45) is 5.92 Å². The molecule has 1 N–H and O–H groups in total. The molecule has 0 aromatic heterocycles. The third kappa shape index (κ3) is 3.08. The Labute approximate surface area is 129 Å². The maximum atomic E-state index is 12.8. The Balaban J connectivity index is 1.74. The van der Waals surface area contributed by atoms with Crippen molar-refractivity contribution in [1.82, 2.24) is 4.90 Å². The van der Waals surface area contributed by atoms with Crippen LogP contribution >= 0.6 is 0 Å². The van der Waals surface area contributed by atoms with E-state index in [1.54, 1.807) is 24.3 Å². The Bertz CT molecular complexity index is 572. The lowest BCUT2D eigenvalue weighted by Crippen LogP contribution is -2.46. The summed E-state index contributed by atoms with van der Waals surface area (Å²) in [6.07, 6.45) is 5.85. The van der Waals surface area contributed by atoms with E-state index in [4.69, 9.17) is 9.84 Å². The molecule has 2 unspecified atom stereocenters. The van der Waals surface area contributed by atoms with Crippen LogP contribution < -0.4 is 4.74 Å². The summed E-state index contributed by atoms with van der Waals surface area (Å²) in [7, 11) is 0. The number of hydrogen-bond acceptors (Lipinski definition) is 3. The fraction of sp³-hybridized carbons (Fsp3) is 0.529. The largest absolute Gasteiger partial charge is 0.482 e. The molecule has 1 aromatic carbocycles. The van der Waals surface area contributed by atoms with Gasteiger partial charge in [-0.3, -0.25) is 4.79 Å². The normalized spacial score (nSPS) is 23.9. The van der Waals surface area contributed by atoms with Gasteiger partial charge in [-0.2, -0.15) is 0 Å². The minimum atomic E-state index is -1.03. The van der Waals surface area contributed by atoms with E-state index in [2.05, 4.69) is 0 Å². The predicted molar refractivity (Wildman–Crippen MR) is 81.0 cm³/mol. The number of carbonyl (C=O) groups is 2. The summed E-state index contributed by atoms with van der Waals surface area (Å²) in [6.45, 7) is 0.423. The van der Waals surface area contributed by atoms with E-state index in [1.165, 1.54) is 19.3 Å². The first-order valence-corrected chi connectivity index (χ1v) is 7.91. The minimum Gasteiger partial charge on any atom is -0.482 e. The van der Waals surface area contributed by atoms with E-state index >= 15 is 0 Å². The van der Waals surface area contributed by atoms with Crippen LogP contribution in [0.25, 0.3) is 0 Å². The van der Waals surface area contributed by atoms with Crippen LogP contribution in [0.1, 0.15) is 42.5 Å². The highest BCUT2D eigenvalue weighted by Crippen LogP contribution is 2.37. The number of carboxylic acids is 1. The average Bonchev–Trinajstić information content (AvgIpc) is 3.01. The first-order chi connectivity index (χ1) is 10.6. The van der Waals surface area contributed by atoms with E-state index in [9.17, 15) is 9.59 Å². The van der Waals surface area contributed by atoms with E-state index in [0.29, 0.717) is 23.3 Å². The van der Waals surface area contributed by atoms with Crippen molar-refractivity contribution < 1.29 is 19.4 Å². The number of carbonyl (C=O) groups excluding carboxylic acids is 1. The number of ether oxygens (including phenoxy) is 1. The van der Waals surface area contributed by atoms with Crippen molar-refractivity contribution in [1.29, 1.82) is 0 Å². The number of likely N-dealkylation sites (tertiary alicyclic amines) is 1. The molecule has 1 saturated heterocycles. The molecule has 1 aliphatic carbocycles. The minimum absolute atomic E-state index is 0.0392. The van der Waals surface area contributed by atoms with Crippen molar-refractivity contribution in [3.8, 4) is 5.75 Å². The number of aliphatic carboxylic acids is 1. The van der Waals surface area contributed by atoms with Crippen LogP contribution in [0, 0.1) is 5.92 Å². The summed E-state index contributed by atoms with van der Waals surface area (Å²) in [5.41, 5.74) is 0.579. The number of fused-ring (bicyclic) bond motifs is 1. The molecule has 1 saturated carbocycles. The number of piperidine rings is 1. The van der Waals surface area contributed by atoms with Gasteiger partial charge in [-0.25, -0.2) is 4.79 Å². The molecular formula is C17H21NO4. The number of benzene rings is 1. The van der Waals surface area contributed by atoms with E-state index < -0.39 is 12.6 Å². The van der Waals surface area contributed by atoms with Crippen molar-refractivity contribution in [2.75, 3.05) is 13.2 Å². The smallest absolute Gasteiger partial charge is 0.341 e. The number of nitrogens with zero attached hydrogens (tertiary/aromatic N) is 1. The van der Waals surface area contributed by atoms with Gasteiger partial charge in [0.05, 0.1) is 0 Å². The maximum Gasteiger partial charge on any atom is 0.341 e. The molecule has 1 heterocycles. The van der Waals surface area contributed by atoms with Gasteiger partial charge in [0.2, 0.25) is 0 Å². The topological polar surface area (TPSA) is 66.8 Å². The Morgan fingerprint density at radius 1 is 1.23 bits per heavy atom. The molecule has 0 spiro atoms. The Morgan fingerprint density at radius 3 is 2.86 bits per heavy atom.